The molecule has 1 aromatic carbocycles. The van der Waals surface area contributed by atoms with Gasteiger partial charge in [0.15, 0.2) is 0 Å². The number of aromatic nitrogens is 2. The standard InChI is InChI=1S/C10H9FN4O/c11-7-1-3-8(4-2-7)16-10-5-9(15-12)13-6-14-10/h1-6H,12H2,(H,13,14,15). The summed E-state index contributed by atoms with van der Waals surface area (Å²) in [5, 5.41) is 0. The normalized spacial score (nSPS) is 9.88. The second-order valence-electron chi connectivity index (χ2n) is 2.94. The molecule has 0 fully saturated rings. The Morgan fingerprint density at radius 1 is 1.19 bits per heavy atom. The van der Waals surface area contributed by atoms with Gasteiger partial charge in [-0.15, -0.1) is 0 Å². The number of hydrazine groups is 1. The first kappa shape index (κ1) is 10.3. The molecule has 0 aliphatic heterocycles. The Balaban J connectivity index is 2.16. The topological polar surface area (TPSA) is 73.1 Å². The van der Waals surface area contributed by atoms with Crippen LogP contribution in [-0.2, 0) is 0 Å². The van der Waals surface area contributed by atoms with Gasteiger partial charge in [-0.3, -0.25) is 0 Å². The third-order valence-electron chi connectivity index (χ3n) is 1.83. The molecule has 0 saturated heterocycles. The number of nitrogens with two attached hydrogens (primary N) is 1. The number of nitrogen functional groups attached to an aromatic ring is 1. The van der Waals surface area contributed by atoms with E-state index in [1.54, 1.807) is 0 Å². The first-order valence-electron chi connectivity index (χ1n) is 4.50. The number of nitrogens with zero attached hydrogens (tertiary/aromatic N) is 2. The largest absolute Gasteiger partial charge is 0.439 e. The zero-order valence-electron chi connectivity index (χ0n) is 8.22. The molecule has 0 radical (unpaired) electrons. The molecule has 0 saturated carbocycles. The van der Waals surface area contributed by atoms with Crippen LogP contribution in [0.25, 0.3) is 0 Å². The van der Waals surface area contributed by atoms with Gasteiger partial charge in [-0.1, -0.05) is 0 Å². The minimum absolute atomic E-state index is 0.320. The van der Waals surface area contributed by atoms with Gasteiger partial charge in [0.25, 0.3) is 0 Å². The zero-order valence-corrected chi connectivity index (χ0v) is 8.22. The van der Waals surface area contributed by atoms with Crippen LogP contribution in [-0.4, -0.2) is 9.97 Å². The van der Waals surface area contributed by atoms with Gasteiger partial charge in [0.2, 0.25) is 5.88 Å². The van der Waals surface area contributed by atoms with Crippen molar-refractivity contribution in [3.8, 4) is 11.6 Å². The minimum Gasteiger partial charge on any atom is -0.439 e. The maximum absolute atomic E-state index is 12.6. The summed E-state index contributed by atoms with van der Waals surface area (Å²) in [6.45, 7) is 0. The van der Waals surface area contributed by atoms with E-state index in [0.717, 1.165) is 0 Å². The first-order chi connectivity index (χ1) is 7.78. The summed E-state index contributed by atoms with van der Waals surface area (Å²) in [7, 11) is 0. The van der Waals surface area contributed by atoms with Gasteiger partial charge >= 0.3 is 0 Å². The van der Waals surface area contributed by atoms with Gasteiger partial charge in [-0.2, -0.15) is 0 Å². The molecule has 1 heterocycles. The molecule has 2 rings (SSSR count). The summed E-state index contributed by atoms with van der Waals surface area (Å²) in [6, 6.07) is 7.15. The summed E-state index contributed by atoms with van der Waals surface area (Å²) in [4.78, 5) is 7.71. The van der Waals surface area contributed by atoms with E-state index in [4.69, 9.17) is 10.6 Å². The summed E-state index contributed by atoms with van der Waals surface area (Å²) in [6.07, 6.45) is 1.31. The van der Waals surface area contributed by atoms with Crippen LogP contribution in [0.3, 0.4) is 0 Å². The average Bonchev–Trinajstić information content (AvgIpc) is 2.32. The molecule has 6 heteroatoms. The van der Waals surface area contributed by atoms with Crippen molar-refractivity contribution in [3.05, 3.63) is 42.5 Å². The molecule has 0 amide bonds. The third kappa shape index (κ3) is 2.43. The molecule has 0 bridgehead atoms. The Bertz CT molecular complexity index is 475. The highest BCUT2D eigenvalue weighted by molar-refractivity contribution is 5.37. The van der Waals surface area contributed by atoms with Gasteiger partial charge in [0, 0.05) is 6.07 Å². The van der Waals surface area contributed by atoms with Gasteiger partial charge in [-0.05, 0) is 24.3 Å². The second kappa shape index (κ2) is 4.54. The molecule has 82 valence electrons. The van der Waals surface area contributed by atoms with Crippen molar-refractivity contribution >= 4 is 5.82 Å². The zero-order chi connectivity index (χ0) is 11.4. The summed E-state index contributed by atoms with van der Waals surface area (Å²) >= 11 is 0. The Kier molecular flexibility index (Phi) is 2.93. The monoisotopic (exact) mass is 220 g/mol. The van der Waals surface area contributed by atoms with Crippen molar-refractivity contribution in [1.29, 1.82) is 0 Å². The van der Waals surface area contributed by atoms with Gasteiger partial charge in [-0.25, -0.2) is 20.2 Å². The third-order valence-corrected chi connectivity index (χ3v) is 1.83. The van der Waals surface area contributed by atoms with Crippen LogP contribution >= 0.6 is 0 Å². The average molecular weight is 220 g/mol. The molecule has 1 aromatic heterocycles. The predicted molar refractivity (Wildman–Crippen MR) is 56.3 cm³/mol. The lowest BCUT2D eigenvalue weighted by molar-refractivity contribution is 0.460. The predicted octanol–water partition coefficient (Wildman–Crippen LogP) is 1.69. The SMILES string of the molecule is NNc1cc(Oc2ccc(F)cc2)ncn1. The van der Waals surface area contributed by atoms with Crippen molar-refractivity contribution in [2.24, 2.45) is 5.84 Å². The summed E-state index contributed by atoms with van der Waals surface area (Å²) in [5.74, 6) is 6.12. The van der Waals surface area contributed by atoms with Crippen LogP contribution in [0.5, 0.6) is 11.6 Å². The number of benzene rings is 1. The van der Waals surface area contributed by atoms with Crippen molar-refractivity contribution in [2.45, 2.75) is 0 Å². The van der Waals surface area contributed by atoms with E-state index in [1.807, 2.05) is 0 Å². The van der Waals surface area contributed by atoms with Crippen LogP contribution in [0.1, 0.15) is 0 Å². The van der Waals surface area contributed by atoms with E-state index in [0.29, 0.717) is 17.4 Å². The maximum Gasteiger partial charge on any atom is 0.224 e. The molecule has 0 atom stereocenters. The van der Waals surface area contributed by atoms with Crippen molar-refractivity contribution in [1.82, 2.24) is 9.97 Å². The van der Waals surface area contributed by atoms with Crippen LogP contribution in [0.4, 0.5) is 10.2 Å². The summed E-state index contributed by atoms with van der Waals surface area (Å²) < 4.78 is 18.0. The highest BCUT2D eigenvalue weighted by atomic mass is 19.1. The molecule has 5 nitrogen and oxygen atoms in total. The highest BCUT2D eigenvalue weighted by Crippen LogP contribution is 2.20. The van der Waals surface area contributed by atoms with Gasteiger partial charge in [0.05, 0.1) is 0 Å². The van der Waals surface area contributed by atoms with Crippen LogP contribution < -0.4 is 16.0 Å². The number of hydrogen-bond acceptors (Lipinski definition) is 5. The fourth-order valence-corrected chi connectivity index (χ4v) is 1.10. The number of rotatable bonds is 3. The first-order valence-corrected chi connectivity index (χ1v) is 4.50. The van der Waals surface area contributed by atoms with E-state index in [9.17, 15) is 4.39 Å². The number of halogens is 1. The second-order valence-corrected chi connectivity index (χ2v) is 2.94. The Morgan fingerprint density at radius 2 is 1.94 bits per heavy atom. The lowest BCUT2D eigenvalue weighted by Gasteiger charge is -2.05. The smallest absolute Gasteiger partial charge is 0.224 e. The lowest BCUT2D eigenvalue weighted by atomic mass is 10.3. The molecule has 0 aliphatic carbocycles. The fourth-order valence-electron chi connectivity index (χ4n) is 1.10. The molecular weight excluding hydrogens is 211 g/mol. The van der Waals surface area contributed by atoms with Crippen molar-refractivity contribution in [3.63, 3.8) is 0 Å². The molecule has 0 unspecified atom stereocenters. The van der Waals surface area contributed by atoms with Crippen LogP contribution in [0.2, 0.25) is 0 Å². The summed E-state index contributed by atoms with van der Waals surface area (Å²) in [5.41, 5.74) is 2.37. The van der Waals surface area contributed by atoms with E-state index in [1.165, 1.54) is 36.7 Å². The molecule has 16 heavy (non-hydrogen) atoms. The number of anilines is 1. The van der Waals surface area contributed by atoms with Crippen molar-refractivity contribution < 1.29 is 9.13 Å². The maximum atomic E-state index is 12.6. The molecular formula is C10H9FN4O. The number of nitrogens with one attached hydrogen (secondary N) is 1. The van der Waals surface area contributed by atoms with E-state index >= 15 is 0 Å². The fraction of sp³-hybridized carbons (Fsp3) is 0. The minimum atomic E-state index is -0.320. The highest BCUT2D eigenvalue weighted by Gasteiger charge is 2.00. The van der Waals surface area contributed by atoms with Gasteiger partial charge < -0.3 is 10.2 Å². The Morgan fingerprint density at radius 3 is 2.62 bits per heavy atom. The molecule has 3 N–H and O–H groups in total. The van der Waals surface area contributed by atoms with Crippen LogP contribution in [0, 0.1) is 5.82 Å². The van der Waals surface area contributed by atoms with Crippen LogP contribution in [0.15, 0.2) is 36.7 Å². The number of hydrogen-bond donors (Lipinski definition) is 2. The Labute approximate surface area is 91.1 Å². The molecule has 0 spiro atoms. The molecule has 0 aliphatic rings. The van der Waals surface area contributed by atoms with E-state index in [-0.39, 0.29) is 5.82 Å². The molecule has 2 aromatic rings. The quantitative estimate of drug-likeness (QED) is 0.608. The van der Waals surface area contributed by atoms with Gasteiger partial charge in [0.1, 0.15) is 23.7 Å². The van der Waals surface area contributed by atoms with E-state index in [2.05, 4.69) is 15.4 Å². The van der Waals surface area contributed by atoms with E-state index < -0.39 is 0 Å². The van der Waals surface area contributed by atoms with Crippen molar-refractivity contribution in [2.75, 3.05) is 5.43 Å². The Hall–Kier alpha value is -2.21. The number of ether oxygens (including phenoxy) is 1. The lowest BCUT2D eigenvalue weighted by Crippen LogP contribution is -2.08.